The Morgan fingerprint density at radius 1 is 1.43 bits per heavy atom. The molecule has 3 aromatic heterocycles. The summed E-state index contributed by atoms with van der Waals surface area (Å²) >= 11 is 3.01. The number of thiophene rings is 1. The van der Waals surface area contributed by atoms with Crippen molar-refractivity contribution in [2.45, 2.75) is 32.1 Å². The van der Waals surface area contributed by atoms with E-state index in [4.69, 9.17) is 4.42 Å². The van der Waals surface area contributed by atoms with E-state index in [0.29, 0.717) is 28.4 Å². The molecule has 0 bridgehead atoms. The highest BCUT2D eigenvalue weighted by molar-refractivity contribution is 7.15. The van der Waals surface area contributed by atoms with Crippen molar-refractivity contribution in [1.82, 2.24) is 15.2 Å². The predicted molar refractivity (Wildman–Crippen MR) is 88.8 cm³/mol. The van der Waals surface area contributed by atoms with E-state index in [0.717, 1.165) is 9.88 Å². The first-order valence-corrected chi connectivity index (χ1v) is 9.02. The molecule has 0 saturated heterocycles. The number of nitrogens with one attached hydrogen (secondary N) is 1. The summed E-state index contributed by atoms with van der Waals surface area (Å²) in [5.74, 6) is 1.62. The Balaban J connectivity index is 1.43. The van der Waals surface area contributed by atoms with Gasteiger partial charge in [0, 0.05) is 5.92 Å². The van der Waals surface area contributed by atoms with Gasteiger partial charge in [-0.2, -0.15) is 0 Å². The summed E-state index contributed by atoms with van der Waals surface area (Å²) in [7, 11) is 0. The standard InChI is InChI=1S/C15H14N4O2S2/c1-8-10(16-13(21-8)11-3-2-6-22-11)7-12(20)17-15-19-18-14(23-15)9-4-5-9/h2-3,6,9H,4-5,7H2,1H3,(H,17,19,20). The van der Waals surface area contributed by atoms with Crippen LogP contribution in [0.5, 0.6) is 0 Å². The van der Waals surface area contributed by atoms with Crippen LogP contribution in [0.2, 0.25) is 0 Å². The van der Waals surface area contributed by atoms with Crippen LogP contribution in [0.4, 0.5) is 5.13 Å². The van der Waals surface area contributed by atoms with Crippen LogP contribution < -0.4 is 5.32 Å². The minimum atomic E-state index is -0.155. The highest BCUT2D eigenvalue weighted by Crippen LogP contribution is 2.42. The average molecular weight is 346 g/mol. The second-order valence-corrected chi connectivity index (χ2v) is 7.40. The van der Waals surface area contributed by atoms with E-state index < -0.39 is 0 Å². The van der Waals surface area contributed by atoms with Crippen molar-refractivity contribution in [2.24, 2.45) is 0 Å². The number of anilines is 1. The molecule has 6 nitrogen and oxygen atoms in total. The monoisotopic (exact) mass is 346 g/mol. The molecule has 0 aromatic carbocycles. The molecule has 0 radical (unpaired) electrons. The number of nitrogens with zero attached hydrogens (tertiary/aromatic N) is 3. The van der Waals surface area contributed by atoms with Gasteiger partial charge >= 0.3 is 0 Å². The Bertz CT molecular complexity index is 834. The highest BCUT2D eigenvalue weighted by Gasteiger charge is 2.27. The van der Waals surface area contributed by atoms with E-state index in [1.807, 2.05) is 24.4 Å². The van der Waals surface area contributed by atoms with Gasteiger partial charge in [-0.3, -0.25) is 4.79 Å². The van der Waals surface area contributed by atoms with Crippen molar-refractivity contribution < 1.29 is 9.21 Å². The molecular weight excluding hydrogens is 332 g/mol. The molecule has 118 valence electrons. The Morgan fingerprint density at radius 3 is 3.04 bits per heavy atom. The molecule has 0 unspecified atom stereocenters. The summed E-state index contributed by atoms with van der Waals surface area (Å²) in [6, 6.07) is 3.89. The van der Waals surface area contributed by atoms with Gasteiger partial charge in [-0.15, -0.1) is 21.5 Å². The molecule has 1 amide bonds. The minimum Gasteiger partial charge on any atom is -0.440 e. The van der Waals surface area contributed by atoms with Crippen molar-refractivity contribution in [3.05, 3.63) is 34.0 Å². The van der Waals surface area contributed by atoms with Gasteiger partial charge in [0.1, 0.15) is 10.8 Å². The number of hydrogen-bond acceptors (Lipinski definition) is 7. The molecule has 1 fully saturated rings. The van der Waals surface area contributed by atoms with Gasteiger partial charge in [-0.1, -0.05) is 17.4 Å². The van der Waals surface area contributed by atoms with E-state index in [9.17, 15) is 4.79 Å². The van der Waals surface area contributed by atoms with Crippen molar-refractivity contribution >= 4 is 33.7 Å². The first-order valence-electron chi connectivity index (χ1n) is 7.32. The first-order chi connectivity index (χ1) is 11.2. The molecule has 8 heteroatoms. The van der Waals surface area contributed by atoms with Crippen molar-refractivity contribution in [2.75, 3.05) is 5.32 Å². The summed E-state index contributed by atoms with van der Waals surface area (Å²) in [5.41, 5.74) is 0.651. The number of oxazole rings is 1. The number of aromatic nitrogens is 3. The number of carbonyl (C=O) groups is 1. The summed E-state index contributed by atoms with van der Waals surface area (Å²) in [5, 5.41) is 14.5. The van der Waals surface area contributed by atoms with Crippen LogP contribution in [0.3, 0.4) is 0 Å². The third-order valence-electron chi connectivity index (χ3n) is 3.57. The van der Waals surface area contributed by atoms with E-state index in [1.54, 1.807) is 11.3 Å². The maximum absolute atomic E-state index is 12.2. The van der Waals surface area contributed by atoms with Crippen LogP contribution in [-0.2, 0) is 11.2 Å². The SMILES string of the molecule is Cc1oc(-c2cccs2)nc1CC(=O)Nc1nnc(C2CC2)s1. The summed E-state index contributed by atoms with van der Waals surface area (Å²) in [6.45, 7) is 1.82. The molecule has 0 atom stereocenters. The summed E-state index contributed by atoms with van der Waals surface area (Å²) in [6.07, 6.45) is 2.51. The second kappa shape index (κ2) is 5.86. The lowest BCUT2D eigenvalue weighted by Gasteiger charge is -1.98. The highest BCUT2D eigenvalue weighted by atomic mass is 32.1. The minimum absolute atomic E-state index is 0.155. The first kappa shape index (κ1) is 14.5. The Hall–Kier alpha value is -2.06. The van der Waals surface area contributed by atoms with Crippen molar-refractivity contribution in [1.29, 1.82) is 0 Å². The van der Waals surface area contributed by atoms with Crippen LogP contribution in [0.15, 0.2) is 21.9 Å². The molecule has 3 aromatic rings. The van der Waals surface area contributed by atoms with Crippen LogP contribution in [0.25, 0.3) is 10.8 Å². The van der Waals surface area contributed by atoms with Gasteiger partial charge in [-0.05, 0) is 31.2 Å². The fraction of sp³-hybridized carbons (Fsp3) is 0.333. The fourth-order valence-electron chi connectivity index (χ4n) is 2.19. The number of hydrogen-bond donors (Lipinski definition) is 1. The number of aryl methyl sites for hydroxylation is 1. The van der Waals surface area contributed by atoms with E-state index in [-0.39, 0.29) is 12.3 Å². The second-order valence-electron chi connectivity index (χ2n) is 5.44. The quantitative estimate of drug-likeness (QED) is 0.763. The molecule has 1 aliphatic rings. The normalized spacial score (nSPS) is 14.1. The summed E-state index contributed by atoms with van der Waals surface area (Å²) < 4.78 is 5.65. The lowest BCUT2D eigenvalue weighted by Crippen LogP contribution is -2.15. The topological polar surface area (TPSA) is 80.9 Å². The zero-order valence-corrected chi connectivity index (χ0v) is 14.0. The maximum atomic E-state index is 12.2. The molecule has 0 spiro atoms. The largest absolute Gasteiger partial charge is 0.440 e. The third kappa shape index (κ3) is 3.18. The van der Waals surface area contributed by atoms with Crippen LogP contribution >= 0.6 is 22.7 Å². The zero-order valence-electron chi connectivity index (χ0n) is 12.4. The molecule has 1 N–H and O–H groups in total. The van der Waals surface area contributed by atoms with Gasteiger partial charge < -0.3 is 9.73 Å². The zero-order chi connectivity index (χ0) is 15.8. The molecular formula is C15H14N4O2S2. The molecule has 0 aliphatic heterocycles. The Labute approximate surface area is 140 Å². The van der Waals surface area contributed by atoms with Gasteiger partial charge in [0.2, 0.25) is 16.9 Å². The smallest absolute Gasteiger partial charge is 0.236 e. The van der Waals surface area contributed by atoms with E-state index >= 15 is 0 Å². The molecule has 23 heavy (non-hydrogen) atoms. The van der Waals surface area contributed by atoms with Gasteiger partial charge in [0.25, 0.3) is 0 Å². The molecule has 3 heterocycles. The molecule has 4 rings (SSSR count). The van der Waals surface area contributed by atoms with Gasteiger partial charge in [0.15, 0.2) is 0 Å². The van der Waals surface area contributed by atoms with Crippen molar-refractivity contribution in [3.63, 3.8) is 0 Å². The van der Waals surface area contributed by atoms with Gasteiger partial charge in [0.05, 0.1) is 17.0 Å². The number of carbonyl (C=O) groups excluding carboxylic acids is 1. The predicted octanol–water partition coefficient (Wildman–Crippen LogP) is 3.62. The third-order valence-corrected chi connectivity index (χ3v) is 5.43. The Morgan fingerprint density at radius 2 is 2.30 bits per heavy atom. The summed E-state index contributed by atoms with van der Waals surface area (Å²) in [4.78, 5) is 17.6. The fourth-order valence-corrected chi connectivity index (χ4v) is 3.77. The molecule has 1 saturated carbocycles. The van der Waals surface area contributed by atoms with Gasteiger partial charge in [-0.25, -0.2) is 4.98 Å². The average Bonchev–Trinajstić information content (AvgIpc) is 2.92. The van der Waals surface area contributed by atoms with Crippen LogP contribution in [-0.4, -0.2) is 21.1 Å². The number of amides is 1. The molecule has 1 aliphatic carbocycles. The lowest BCUT2D eigenvalue weighted by atomic mass is 10.2. The van der Waals surface area contributed by atoms with Crippen LogP contribution in [0.1, 0.15) is 35.2 Å². The van der Waals surface area contributed by atoms with Crippen LogP contribution in [0, 0.1) is 6.92 Å². The van der Waals surface area contributed by atoms with E-state index in [1.165, 1.54) is 24.2 Å². The maximum Gasteiger partial charge on any atom is 0.236 e. The van der Waals surface area contributed by atoms with Crippen molar-refractivity contribution in [3.8, 4) is 10.8 Å². The Kier molecular flexibility index (Phi) is 3.70. The lowest BCUT2D eigenvalue weighted by molar-refractivity contribution is -0.115. The number of rotatable bonds is 5. The van der Waals surface area contributed by atoms with E-state index in [2.05, 4.69) is 20.5 Å².